The van der Waals surface area contributed by atoms with Crippen LogP contribution in [-0.4, -0.2) is 10.4 Å². The normalized spacial score (nSPS) is 9.29. The molecule has 1 aromatic rings. The Morgan fingerprint density at radius 3 is 2.57 bits per heavy atom. The van der Waals surface area contributed by atoms with Crippen molar-refractivity contribution in [3.63, 3.8) is 0 Å². The van der Waals surface area contributed by atoms with Crippen LogP contribution in [0.4, 0.5) is 5.69 Å². The zero-order chi connectivity index (χ0) is 10.0. The van der Waals surface area contributed by atoms with Gasteiger partial charge in [-0.05, 0) is 6.42 Å². The average Bonchev–Trinajstić information content (AvgIpc) is 2.08. The number of rotatable bonds is 2. The summed E-state index contributed by atoms with van der Waals surface area (Å²) in [6.45, 7) is 3.32. The molecule has 0 aliphatic carbocycles. The van der Waals surface area contributed by atoms with Crippen LogP contribution in [0.1, 0.15) is 18.2 Å². The van der Waals surface area contributed by atoms with Gasteiger partial charge in [-0.15, -0.1) is 0 Å². The molecule has 0 spiro atoms. The summed E-state index contributed by atoms with van der Waals surface area (Å²) in [5.74, 6) is 0. The number of nitrogens with zero attached hydrogens (tertiary/aromatic N) is 2. The molecule has 0 fully saturated rings. The maximum atomic E-state index is 11.1. The molecule has 1 heterocycles. The van der Waals surface area contributed by atoms with Gasteiger partial charge in [0.2, 0.25) is 0 Å². The van der Waals surface area contributed by atoms with Gasteiger partial charge in [0.05, 0.1) is 16.6 Å². The third-order valence-corrected chi connectivity index (χ3v) is 1.87. The van der Waals surface area contributed by atoms with Gasteiger partial charge in [0.25, 0.3) is 5.69 Å². The molecule has 0 saturated heterocycles. The summed E-state index contributed by atoms with van der Waals surface area (Å²) in [6, 6.07) is 1.30. The number of hydrogen-bond acceptors (Lipinski definition) is 3. The first kappa shape index (κ1) is 12.3. The van der Waals surface area contributed by atoms with E-state index in [0.717, 1.165) is 0 Å². The molecule has 0 radical (unpaired) electrons. The molecule has 1 aromatic heterocycles. The second-order valence-corrected chi connectivity index (χ2v) is 2.76. The Kier molecular flexibility index (Phi) is 3.97. The molecule has 1 rings (SSSR count). The SMILES string of the molecule is CCc1c[n+]([O-])c(C)cc1[N+](=O)[O-].O. The Hall–Kier alpha value is -1.69. The van der Waals surface area contributed by atoms with E-state index in [0.29, 0.717) is 22.4 Å². The van der Waals surface area contributed by atoms with E-state index in [1.807, 2.05) is 0 Å². The Morgan fingerprint density at radius 1 is 1.57 bits per heavy atom. The van der Waals surface area contributed by atoms with E-state index < -0.39 is 4.92 Å². The first-order valence-electron chi connectivity index (χ1n) is 3.93. The molecule has 0 saturated carbocycles. The van der Waals surface area contributed by atoms with E-state index in [1.54, 1.807) is 13.8 Å². The zero-order valence-corrected chi connectivity index (χ0v) is 7.98. The van der Waals surface area contributed by atoms with Gasteiger partial charge in [-0.25, -0.2) is 0 Å². The van der Waals surface area contributed by atoms with Crippen molar-refractivity contribution in [1.29, 1.82) is 0 Å². The standard InChI is InChI=1S/C8H10N2O3.H2O/c1-3-7-5-9(11)6(2)4-8(7)10(12)13;/h4-5H,3H2,1-2H3;1H2. The molecule has 0 aliphatic rings. The first-order valence-corrected chi connectivity index (χ1v) is 3.93. The fourth-order valence-electron chi connectivity index (χ4n) is 1.11. The van der Waals surface area contributed by atoms with Gasteiger partial charge in [-0.2, -0.15) is 4.73 Å². The Morgan fingerprint density at radius 2 is 2.14 bits per heavy atom. The highest BCUT2D eigenvalue weighted by molar-refractivity contribution is 5.37. The van der Waals surface area contributed by atoms with Crippen LogP contribution in [0.3, 0.4) is 0 Å². The van der Waals surface area contributed by atoms with Gasteiger partial charge in [0.15, 0.2) is 11.9 Å². The lowest BCUT2D eigenvalue weighted by atomic mass is 10.2. The van der Waals surface area contributed by atoms with Gasteiger partial charge in [-0.3, -0.25) is 10.1 Å². The van der Waals surface area contributed by atoms with Crippen LogP contribution in [0.25, 0.3) is 0 Å². The summed E-state index contributed by atoms with van der Waals surface area (Å²) in [7, 11) is 0. The van der Waals surface area contributed by atoms with Crippen molar-refractivity contribution in [1.82, 2.24) is 0 Å². The minimum Gasteiger partial charge on any atom is -0.618 e. The minimum atomic E-state index is -0.466. The van der Waals surface area contributed by atoms with E-state index >= 15 is 0 Å². The molecule has 0 bridgehead atoms. The average molecular weight is 200 g/mol. The van der Waals surface area contributed by atoms with E-state index in [4.69, 9.17) is 0 Å². The minimum absolute atomic E-state index is 0. The monoisotopic (exact) mass is 200 g/mol. The zero-order valence-electron chi connectivity index (χ0n) is 7.98. The van der Waals surface area contributed by atoms with Gasteiger partial charge in [-0.1, -0.05) is 6.92 Å². The summed E-state index contributed by atoms with van der Waals surface area (Å²) in [5, 5.41) is 21.6. The second kappa shape index (κ2) is 4.52. The Balaban J connectivity index is 0.00000169. The van der Waals surface area contributed by atoms with Gasteiger partial charge in [0.1, 0.15) is 0 Å². The van der Waals surface area contributed by atoms with Crippen LogP contribution in [-0.2, 0) is 6.42 Å². The third kappa shape index (κ3) is 2.17. The lowest BCUT2D eigenvalue weighted by molar-refractivity contribution is -0.613. The van der Waals surface area contributed by atoms with Crippen molar-refractivity contribution in [3.8, 4) is 0 Å². The van der Waals surface area contributed by atoms with Gasteiger partial charge in [0, 0.05) is 6.92 Å². The molecule has 0 amide bonds. The number of aromatic nitrogens is 1. The Labute approximate surface area is 80.8 Å². The van der Waals surface area contributed by atoms with Crippen molar-refractivity contribution in [2.45, 2.75) is 20.3 Å². The maximum absolute atomic E-state index is 11.1. The number of aryl methyl sites for hydroxylation is 2. The lowest BCUT2D eigenvalue weighted by Gasteiger charge is -2.02. The van der Waals surface area contributed by atoms with Crippen molar-refractivity contribution in [2.75, 3.05) is 0 Å². The molecule has 2 N–H and O–H groups in total. The molecule has 0 atom stereocenters. The predicted octanol–water partition coefficient (Wildman–Crippen LogP) is 0.274. The van der Waals surface area contributed by atoms with E-state index in [2.05, 4.69) is 0 Å². The Bertz CT molecular complexity index is 351. The fraction of sp³-hybridized carbons (Fsp3) is 0.375. The molecule has 0 aliphatic heterocycles. The lowest BCUT2D eigenvalue weighted by Crippen LogP contribution is -2.30. The summed E-state index contributed by atoms with van der Waals surface area (Å²) in [6.07, 6.45) is 1.74. The molecule has 0 aromatic carbocycles. The van der Waals surface area contributed by atoms with Crippen LogP contribution < -0.4 is 4.73 Å². The van der Waals surface area contributed by atoms with Crippen molar-refractivity contribution in [2.24, 2.45) is 0 Å². The van der Waals surface area contributed by atoms with E-state index in [9.17, 15) is 15.3 Å². The molecule has 78 valence electrons. The number of pyridine rings is 1. The largest absolute Gasteiger partial charge is 0.618 e. The topological polar surface area (TPSA) is 102 Å². The first-order chi connectivity index (χ1) is 6.06. The number of nitro groups is 1. The van der Waals surface area contributed by atoms with Gasteiger partial charge >= 0.3 is 0 Å². The van der Waals surface area contributed by atoms with Gasteiger partial charge < -0.3 is 10.7 Å². The summed E-state index contributed by atoms with van der Waals surface area (Å²) < 4.78 is 0.645. The van der Waals surface area contributed by atoms with Crippen LogP contribution in [0.15, 0.2) is 12.3 Å². The maximum Gasteiger partial charge on any atom is 0.284 e. The fourth-order valence-corrected chi connectivity index (χ4v) is 1.11. The van der Waals surface area contributed by atoms with Crippen molar-refractivity contribution in [3.05, 3.63) is 38.8 Å². The predicted molar refractivity (Wildman–Crippen MR) is 49.8 cm³/mol. The number of hydrogen-bond donors (Lipinski definition) is 0. The smallest absolute Gasteiger partial charge is 0.284 e. The summed E-state index contributed by atoms with van der Waals surface area (Å²) in [4.78, 5) is 10.1. The van der Waals surface area contributed by atoms with E-state index in [-0.39, 0.29) is 11.2 Å². The second-order valence-electron chi connectivity index (χ2n) is 2.76. The molecular weight excluding hydrogens is 188 g/mol. The van der Waals surface area contributed by atoms with Crippen molar-refractivity contribution >= 4 is 5.69 Å². The molecule has 6 heteroatoms. The molecule has 14 heavy (non-hydrogen) atoms. The third-order valence-electron chi connectivity index (χ3n) is 1.87. The van der Waals surface area contributed by atoms with Crippen LogP contribution >= 0.6 is 0 Å². The van der Waals surface area contributed by atoms with Crippen LogP contribution in [0, 0.1) is 22.2 Å². The highest BCUT2D eigenvalue weighted by Crippen LogP contribution is 2.17. The highest BCUT2D eigenvalue weighted by atomic mass is 16.6. The van der Waals surface area contributed by atoms with Crippen LogP contribution in [0.5, 0.6) is 0 Å². The van der Waals surface area contributed by atoms with E-state index in [1.165, 1.54) is 12.3 Å². The molecular formula is C8H12N2O4. The summed E-state index contributed by atoms with van der Waals surface area (Å²) in [5.41, 5.74) is 0.821. The summed E-state index contributed by atoms with van der Waals surface area (Å²) >= 11 is 0. The molecule has 0 unspecified atom stereocenters. The van der Waals surface area contributed by atoms with Crippen molar-refractivity contribution < 1.29 is 15.1 Å². The van der Waals surface area contributed by atoms with Crippen LogP contribution in [0.2, 0.25) is 0 Å². The highest BCUT2D eigenvalue weighted by Gasteiger charge is 2.17. The quantitative estimate of drug-likeness (QED) is 0.296. The molecule has 6 nitrogen and oxygen atoms in total.